The van der Waals surface area contributed by atoms with Gasteiger partial charge in [0, 0.05) is 14.5 Å². The largest absolute Gasteiger partial charge is 0.218 e. The molecule has 150 valence electrons. The quantitative estimate of drug-likeness (QED) is 0.265. The van der Waals surface area contributed by atoms with Crippen LogP contribution in [0.1, 0.15) is 11.1 Å². The molecule has 0 bridgehead atoms. The molecule has 0 aromatic heterocycles. The van der Waals surface area contributed by atoms with E-state index in [1.807, 2.05) is 48.5 Å². The Morgan fingerprint density at radius 2 is 1.20 bits per heavy atom. The molecule has 0 aliphatic heterocycles. The van der Waals surface area contributed by atoms with Crippen molar-refractivity contribution in [3.63, 3.8) is 0 Å². The van der Waals surface area contributed by atoms with Crippen LogP contribution < -0.4 is 0 Å². The molecule has 2 nitrogen and oxygen atoms in total. The first-order valence-corrected chi connectivity index (χ1v) is 12.4. The van der Waals surface area contributed by atoms with Crippen molar-refractivity contribution in [2.24, 2.45) is 0 Å². The maximum absolute atomic E-state index is 13.5. The normalized spacial score (nSPS) is 11.4. The van der Waals surface area contributed by atoms with Crippen molar-refractivity contribution in [3.8, 4) is 11.1 Å². The Kier molecular flexibility index (Phi) is 6.23. The maximum Gasteiger partial charge on any atom is 0.207 e. The van der Waals surface area contributed by atoms with Crippen molar-refractivity contribution < 1.29 is 8.42 Å². The first-order chi connectivity index (χ1) is 14.4. The molecule has 0 saturated carbocycles. The van der Waals surface area contributed by atoms with Gasteiger partial charge in [-0.15, -0.1) is 0 Å². The second-order valence-corrected chi connectivity index (χ2v) is 10.7. The van der Waals surface area contributed by atoms with Crippen LogP contribution >= 0.6 is 31.9 Å². The van der Waals surface area contributed by atoms with E-state index < -0.39 is 9.84 Å². The third-order valence-electron chi connectivity index (χ3n) is 4.88. The fraction of sp³-hybridized carbons (Fsp3) is 0.0400. The van der Waals surface area contributed by atoms with Crippen molar-refractivity contribution in [2.75, 3.05) is 0 Å². The molecule has 4 rings (SSSR count). The van der Waals surface area contributed by atoms with E-state index in [4.69, 9.17) is 0 Å². The fourth-order valence-electron chi connectivity index (χ4n) is 3.45. The fourth-order valence-corrected chi connectivity index (χ4v) is 5.89. The van der Waals surface area contributed by atoms with Crippen LogP contribution in [0.2, 0.25) is 0 Å². The van der Waals surface area contributed by atoms with E-state index in [2.05, 4.69) is 50.1 Å². The summed E-state index contributed by atoms with van der Waals surface area (Å²) in [6.45, 7) is 0. The third-order valence-corrected chi connectivity index (χ3v) is 7.68. The van der Waals surface area contributed by atoms with Crippen molar-refractivity contribution >= 4 is 41.7 Å². The molecule has 0 aliphatic rings. The highest BCUT2D eigenvalue weighted by molar-refractivity contribution is 9.10. The molecule has 0 N–H and O–H groups in total. The molecule has 0 amide bonds. The second kappa shape index (κ2) is 8.88. The van der Waals surface area contributed by atoms with E-state index in [0.717, 1.165) is 20.1 Å². The topological polar surface area (TPSA) is 34.1 Å². The van der Waals surface area contributed by atoms with Crippen LogP contribution in [0.3, 0.4) is 0 Å². The van der Waals surface area contributed by atoms with E-state index in [1.54, 1.807) is 30.3 Å². The summed E-state index contributed by atoms with van der Waals surface area (Å²) in [5.41, 5.74) is 3.83. The van der Waals surface area contributed by atoms with E-state index >= 15 is 0 Å². The highest BCUT2D eigenvalue weighted by atomic mass is 79.9. The molecule has 0 atom stereocenters. The Morgan fingerprint density at radius 3 is 1.87 bits per heavy atom. The molecule has 0 aliphatic carbocycles. The van der Waals surface area contributed by atoms with Crippen molar-refractivity contribution in [2.45, 2.75) is 16.2 Å². The molecule has 0 radical (unpaired) electrons. The van der Waals surface area contributed by atoms with Crippen molar-refractivity contribution in [3.05, 3.63) is 117 Å². The van der Waals surface area contributed by atoms with Gasteiger partial charge in [0.15, 0.2) is 0 Å². The molecule has 0 saturated heterocycles. The molecule has 0 spiro atoms. The van der Waals surface area contributed by atoms with Gasteiger partial charge in [-0.2, -0.15) is 0 Å². The van der Waals surface area contributed by atoms with Crippen LogP contribution in [0.4, 0.5) is 0 Å². The number of benzene rings is 4. The zero-order valence-corrected chi connectivity index (χ0v) is 19.9. The molecule has 30 heavy (non-hydrogen) atoms. The minimum atomic E-state index is -3.68. The van der Waals surface area contributed by atoms with Crippen LogP contribution in [-0.4, -0.2) is 8.42 Å². The summed E-state index contributed by atoms with van der Waals surface area (Å²) in [5.74, 6) is 0. The number of hydrogen-bond acceptors (Lipinski definition) is 2. The van der Waals surface area contributed by atoms with Gasteiger partial charge in [-0.1, -0.05) is 92.5 Å². The monoisotopic (exact) mass is 540 g/mol. The summed E-state index contributed by atoms with van der Waals surface area (Å²) >= 11 is 7.01. The maximum atomic E-state index is 13.5. The van der Waals surface area contributed by atoms with Gasteiger partial charge in [0.2, 0.25) is 9.84 Å². The van der Waals surface area contributed by atoms with Crippen molar-refractivity contribution in [1.29, 1.82) is 0 Å². The predicted molar refractivity (Wildman–Crippen MR) is 128 cm³/mol. The lowest BCUT2D eigenvalue weighted by Gasteiger charge is -2.16. The van der Waals surface area contributed by atoms with Gasteiger partial charge in [-0.25, -0.2) is 8.42 Å². The van der Waals surface area contributed by atoms with Crippen LogP contribution in [0.25, 0.3) is 11.1 Å². The number of hydrogen-bond donors (Lipinski definition) is 0. The van der Waals surface area contributed by atoms with E-state index in [-0.39, 0.29) is 4.90 Å². The van der Waals surface area contributed by atoms with Crippen molar-refractivity contribution in [1.82, 2.24) is 0 Å². The van der Waals surface area contributed by atoms with Crippen LogP contribution in [-0.2, 0) is 16.3 Å². The lowest BCUT2D eigenvalue weighted by molar-refractivity contribution is 0.596. The van der Waals surface area contributed by atoms with Gasteiger partial charge < -0.3 is 0 Å². The van der Waals surface area contributed by atoms with E-state index in [0.29, 0.717) is 16.9 Å². The summed E-state index contributed by atoms with van der Waals surface area (Å²) < 4.78 is 28.7. The molecule has 0 unspecified atom stereocenters. The minimum absolute atomic E-state index is 0.283. The lowest BCUT2D eigenvalue weighted by Crippen LogP contribution is -2.05. The zero-order chi connectivity index (χ0) is 21.1. The average molecular weight is 542 g/mol. The predicted octanol–water partition coefficient (Wildman–Crippen LogP) is 7.30. The lowest BCUT2D eigenvalue weighted by atomic mass is 9.95. The molecule has 0 fully saturated rings. The van der Waals surface area contributed by atoms with Crippen LogP contribution in [0.15, 0.2) is 116 Å². The number of rotatable bonds is 5. The Bertz CT molecular complexity index is 1290. The molecular formula is C25H18Br2O2S. The smallest absolute Gasteiger partial charge is 0.207 e. The first-order valence-electron chi connectivity index (χ1n) is 9.37. The molecule has 4 aromatic rings. The third kappa shape index (κ3) is 4.43. The number of halogens is 2. The Morgan fingerprint density at radius 1 is 0.633 bits per heavy atom. The summed E-state index contributed by atoms with van der Waals surface area (Å²) in [4.78, 5) is 0.575. The molecule has 4 aromatic carbocycles. The standard InChI is InChI=1S/C25H18Br2O2S/c26-20-11-13-23(19(16-20)15-18-7-3-1-4-8-18)24-14-12-21(27)17-25(24)30(28,29)22-9-5-2-6-10-22/h1-14,16-17H,15H2. The highest BCUT2D eigenvalue weighted by Crippen LogP contribution is 2.37. The molecule has 5 heteroatoms. The Balaban J connectivity index is 1.91. The van der Waals surface area contributed by atoms with Gasteiger partial charge in [0.1, 0.15) is 0 Å². The SMILES string of the molecule is O=S(=O)(c1ccccc1)c1cc(Br)ccc1-c1ccc(Br)cc1Cc1ccccc1. The second-order valence-electron chi connectivity index (χ2n) is 6.92. The van der Waals surface area contributed by atoms with E-state index in [1.165, 1.54) is 5.56 Å². The van der Waals surface area contributed by atoms with Gasteiger partial charge >= 0.3 is 0 Å². The average Bonchev–Trinajstić information content (AvgIpc) is 2.75. The number of sulfone groups is 1. The van der Waals surface area contributed by atoms with Crippen LogP contribution in [0.5, 0.6) is 0 Å². The summed E-state index contributed by atoms with van der Waals surface area (Å²) in [5, 5.41) is 0. The highest BCUT2D eigenvalue weighted by Gasteiger charge is 2.23. The zero-order valence-electron chi connectivity index (χ0n) is 15.9. The minimum Gasteiger partial charge on any atom is -0.218 e. The Hall–Kier alpha value is -2.21. The molecule has 0 heterocycles. The van der Waals surface area contributed by atoms with Gasteiger partial charge in [-0.3, -0.25) is 0 Å². The van der Waals surface area contributed by atoms with E-state index in [9.17, 15) is 8.42 Å². The first kappa shape index (κ1) is 21.0. The van der Waals surface area contributed by atoms with Crippen LogP contribution in [0, 0.1) is 0 Å². The summed E-state index contributed by atoms with van der Waals surface area (Å²) in [6, 6.07) is 30.2. The Labute approximate surface area is 193 Å². The van der Waals surface area contributed by atoms with Gasteiger partial charge in [0.05, 0.1) is 9.79 Å². The van der Waals surface area contributed by atoms with Gasteiger partial charge in [-0.05, 0) is 59.5 Å². The summed E-state index contributed by atoms with van der Waals surface area (Å²) in [6.07, 6.45) is 0.705. The molecular weight excluding hydrogens is 524 g/mol. The summed E-state index contributed by atoms with van der Waals surface area (Å²) in [7, 11) is -3.68. The van der Waals surface area contributed by atoms with Gasteiger partial charge in [0.25, 0.3) is 0 Å².